The van der Waals surface area contributed by atoms with E-state index in [2.05, 4.69) is 0 Å². The molecule has 5 nitrogen and oxygen atoms in total. The Kier molecular flexibility index (Phi) is 5.93. The van der Waals surface area contributed by atoms with Crippen LogP contribution in [0, 0.1) is 0 Å². The third-order valence-electron chi connectivity index (χ3n) is 4.73. The number of carbonyl (C=O) groups is 2. The van der Waals surface area contributed by atoms with Crippen LogP contribution in [-0.2, 0) is 4.79 Å². The maximum absolute atomic E-state index is 12.8. The first-order valence-corrected chi connectivity index (χ1v) is 9.60. The lowest BCUT2D eigenvalue weighted by atomic mass is 10.0. The van der Waals surface area contributed by atoms with Crippen LogP contribution in [-0.4, -0.2) is 37.4 Å². The van der Waals surface area contributed by atoms with E-state index >= 15 is 0 Å². The molecule has 1 aromatic carbocycles. The Balaban J connectivity index is 1.71. The molecule has 2 aromatic rings. The maximum Gasteiger partial charge on any atom is 0.223 e. The molecule has 2 heterocycles. The smallest absolute Gasteiger partial charge is 0.223 e. The predicted octanol–water partition coefficient (Wildman–Crippen LogP) is 4.09. The molecule has 0 radical (unpaired) electrons. The molecule has 0 aliphatic carbocycles. The van der Waals surface area contributed by atoms with Gasteiger partial charge in [-0.3, -0.25) is 9.59 Å². The van der Waals surface area contributed by atoms with Gasteiger partial charge in [-0.05, 0) is 42.5 Å². The minimum absolute atomic E-state index is 0.0160. The molecule has 1 atom stereocenters. The predicted molar refractivity (Wildman–Crippen MR) is 101 cm³/mol. The number of nitrogens with zero attached hydrogens (tertiary/aromatic N) is 1. The van der Waals surface area contributed by atoms with E-state index in [4.69, 9.17) is 9.47 Å². The average Bonchev–Trinajstić information content (AvgIpc) is 3.37. The average molecular weight is 373 g/mol. The fourth-order valence-electron chi connectivity index (χ4n) is 3.41. The lowest BCUT2D eigenvalue weighted by Crippen LogP contribution is -2.31. The quantitative estimate of drug-likeness (QED) is 0.686. The molecule has 138 valence electrons. The number of rotatable bonds is 7. The zero-order chi connectivity index (χ0) is 18.5. The van der Waals surface area contributed by atoms with Gasteiger partial charge in [0.15, 0.2) is 5.78 Å². The van der Waals surface area contributed by atoms with Gasteiger partial charge in [0.05, 0.1) is 25.1 Å². The van der Waals surface area contributed by atoms with Crippen LogP contribution < -0.4 is 9.47 Å². The van der Waals surface area contributed by atoms with E-state index in [0.717, 1.165) is 29.9 Å². The summed E-state index contributed by atoms with van der Waals surface area (Å²) in [5.74, 6) is 1.54. The van der Waals surface area contributed by atoms with Crippen molar-refractivity contribution in [2.24, 2.45) is 0 Å². The van der Waals surface area contributed by atoms with Gasteiger partial charge in [0.25, 0.3) is 0 Å². The molecule has 1 aliphatic rings. The molecular weight excluding hydrogens is 350 g/mol. The van der Waals surface area contributed by atoms with Crippen molar-refractivity contribution >= 4 is 23.0 Å². The number of benzene rings is 1. The lowest BCUT2D eigenvalue weighted by molar-refractivity contribution is -0.132. The Morgan fingerprint density at radius 2 is 2.04 bits per heavy atom. The summed E-state index contributed by atoms with van der Waals surface area (Å²) in [6.45, 7) is 0.705. The van der Waals surface area contributed by atoms with Gasteiger partial charge in [-0.25, -0.2) is 0 Å². The normalized spacial score (nSPS) is 16.5. The van der Waals surface area contributed by atoms with Crippen molar-refractivity contribution in [1.29, 1.82) is 0 Å². The summed E-state index contributed by atoms with van der Waals surface area (Å²) in [7, 11) is 3.26. The monoisotopic (exact) mass is 373 g/mol. The fraction of sp³-hybridized carbons (Fsp3) is 0.400. The summed E-state index contributed by atoms with van der Waals surface area (Å²) >= 11 is 1.42. The van der Waals surface area contributed by atoms with E-state index in [1.165, 1.54) is 11.3 Å². The SMILES string of the molecule is COc1ccc(OC)c([C@@H]2CCCN2C(=O)CCC(=O)c2cccs2)c1. The molecule has 1 aliphatic heterocycles. The Morgan fingerprint density at radius 1 is 1.19 bits per heavy atom. The number of Topliss-reactive ketones (excluding diaryl/α,β-unsaturated/α-hetero) is 1. The zero-order valence-electron chi connectivity index (χ0n) is 15.1. The molecule has 0 spiro atoms. The highest BCUT2D eigenvalue weighted by atomic mass is 32.1. The van der Waals surface area contributed by atoms with Gasteiger partial charge in [-0.2, -0.15) is 0 Å². The molecule has 6 heteroatoms. The number of amides is 1. The lowest BCUT2D eigenvalue weighted by Gasteiger charge is -2.26. The number of hydrogen-bond donors (Lipinski definition) is 0. The van der Waals surface area contributed by atoms with Crippen molar-refractivity contribution in [2.45, 2.75) is 31.7 Å². The van der Waals surface area contributed by atoms with Crippen molar-refractivity contribution in [1.82, 2.24) is 4.90 Å². The second kappa shape index (κ2) is 8.36. The second-order valence-electron chi connectivity index (χ2n) is 6.25. The van der Waals surface area contributed by atoms with Crippen LogP contribution in [0.15, 0.2) is 35.7 Å². The Bertz CT molecular complexity index is 772. The van der Waals surface area contributed by atoms with E-state index in [9.17, 15) is 9.59 Å². The molecule has 1 fully saturated rings. The summed E-state index contributed by atoms with van der Waals surface area (Å²) in [6, 6.07) is 9.27. The summed E-state index contributed by atoms with van der Waals surface area (Å²) in [5.41, 5.74) is 0.960. The van der Waals surface area contributed by atoms with Crippen molar-refractivity contribution in [3.8, 4) is 11.5 Å². The van der Waals surface area contributed by atoms with Crippen LogP contribution in [0.4, 0.5) is 0 Å². The molecule has 1 amide bonds. The zero-order valence-corrected chi connectivity index (χ0v) is 15.9. The number of methoxy groups -OCH3 is 2. The molecule has 26 heavy (non-hydrogen) atoms. The van der Waals surface area contributed by atoms with Crippen molar-refractivity contribution in [3.63, 3.8) is 0 Å². The number of likely N-dealkylation sites (tertiary alicyclic amines) is 1. The topological polar surface area (TPSA) is 55.8 Å². The van der Waals surface area contributed by atoms with Crippen LogP contribution in [0.1, 0.15) is 47.0 Å². The highest BCUT2D eigenvalue weighted by Crippen LogP contribution is 2.39. The molecular formula is C20H23NO4S. The highest BCUT2D eigenvalue weighted by Gasteiger charge is 2.32. The van der Waals surface area contributed by atoms with Gasteiger partial charge in [-0.1, -0.05) is 6.07 Å². The maximum atomic E-state index is 12.8. The van der Waals surface area contributed by atoms with Gasteiger partial charge >= 0.3 is 0 Å². The molecule has 0 saturated carbocycles. The van der Waals surface area contributed by atoms with Gasteiger partial charge in [0.1, 0.15) is 11.5 Å². The third-order valence-corrected chi connectivity index (χ3v) is 5.64. The van der Waals surface area contributed by atoms with Crippen molar-refractivity contribution < 1.29 is 19.1 Å². The standard InChI is InChI=1S/C20H23NO4S/c1-24-14-7-9-18(25-2)15(13-14)16-5-3-11-21(16)20(23)10-8-17(22)19-6-4-12-26-19/h4,6-7,9,12-13,16H,3,5,8,10-11H2,1-2H3/t16-/m0/s1. The number of thiophene rings is 1. The van der Waals surface area contributed by atoms with Crippen molar-refractivity contribution in [3.05, 3.63) is 46.2 Å². The summed E-state index contributed by atoms with van der Waals surface area (Å²) in [6.07, 6.45) is 2.31. The van der Waals surface area contributed by atoms with Crippen LogP contribution in [0.25, 0.3) is 0 Å². The van der Waals surface area contributed by atoms with Gasteiger partial charge < -0.3 is 14.4 Å². The summed E-state index contributed by atoms with van der Waals surface area (Å²) in [5, 5.41) is 1.88. The van der Waals surface area contributed by atoms with Crippen LogP contribution >= 0.6 is 11.3 Å². The molecule has 1 saturated heterocycles. The molecule has 3 rings (SSSR count). The van der Waals surface area contributed by atoms with E-state index < -0.39 is 0 Å². The first kappa shape index (κ1) is 18.5. The van der Waals surface area contributed by atoms with Gasteiger partial charge in [0, 0.05) is 24.9 Å². The van der Waals surface area contributed by atoms with Crippen LogP contribution in [0.2, 0.25) is 0 Å². The summed E-state index contributed by atoms with van der Waals surface area (Å²) < 4.78 is 10.8. The molecule has 0 bridgehead atoms. The molecule has 1 aromatic heterocycles. The number of ketones is 1. The van der Waals surface area contributed by atoms with E-state index in [1.807, 2.05) is 34.5 Å². The number of ether oxygens (including phenoxy) is 2. The number of hydrogen-bond acceptors (Lipinski definition) is 5. The van der Waals surface area contributed by atoms with E-state index in [-0.39, 0.29) is 30.6 Å². The highest BCUT2D eigenvalue weighted by molar-refractivity contribution is 7.12. The van der Waals surface area contributed by atoms with Crippen LogP contribution in [0.5, 0.6) is 11.5 Å². The largest absolute Gasteiger partial charge is 0.497 e. The van der Waals surface area contributed by atoms with Gasteiger partial charge in [0.2, 0.25) is 5.91 Å². The van der Waals surface area contributed by atoms with E-state index in [1.54, 1.807) is 20.3 Å². The Labute approximate surface area is 157 Å². The number of carbonyl (C=O) groups excluding carboxylic acids is 2. The first-order chi connectivity index (χ1) is 12.6. The minimum Gasteiger partial charge on any atom is -0.497 e. The van der Waals surface area contributed by atoms with Crippen molar-refractivity contribution in [2.75, 3.05) is 20.8 Å². The molecule has 0 unspecified atom stereocenters. The van der Waals surface area contributed by atoms with Gasteiger partial charge in [-0.15, -0.1) is 11.3 Å². The minimum atomic E-state index is -0.0376. The summed E-state index contributed by atoms with van der Waals surface area (Å²) in [4.78, 5) is 27.5. The third kappa shape index (κ3) is 3.90. The first-order valence-electron chi connectivity index (χ1n) is 8.72. The Morgan fingerprint density at radius 3 is 2.73 bits per heavy atom. The second-order valence-corrected chi connectivity index (χ2v) is 7.20. The molecule has 0 N–H and O–H groups in total. The Hall–Kier alpha value is -2.34. The van der Waals surface area contributed by atoms with Crippen LogP contribution in [0.3, 0.4) is 0 Å². The fourth-order valence-corrected chi connectivity index (χ4v) is 4.11. The van der Waals surface area contributed by atoms with E-state index in [0.29, 0.717) is 11.4 Å².